The number of rotatable bonds is 1. The maximum atomic E-state index is 5.82. The summed E-state index contributed by atoms with van der Waals surface area (Å²) in [6.07, 6.45) is 0. The highest BCUT2D eigenvalue weighted by atomic mass is 79.9. The number of oxazole rings is 1. The summed E-state index contributed by atoms with van der Waals surface area (Å²) < 4.78 is 6.70. The second kappa shape index (κ2) is 3.61. The molecular weight excluding hydrogens is 288 g/mol. The highest BCUT2D eigenvalue weighted by Crippen LogP contribution is 2.31. The number of nitrogen functional groups attached to an aromatic ring is 1. The van der Waals surface area contributed by atoms with Gasteiger partial charge >= 0.3 is 0 Å². The van der Waals surface area contributed by atoms with Crippen LogP contribution in [0.25, 0.3) is 22.6 Å². The molecule has 2 aromatic heterocycles. The van der Waals surface area contributed by atoms with Crippen molar-refractivity contribution in [1.29, 1.82) is 0 Å². The summed E-state index contributed by atoms with van der Waals surface area (Å²) in [6.45, 7) is 0. The van der Waals surface area contributed by atoms with Crippen LogP contribution in [0.5, 0.6) is 0 Å². The Balaban J connectivity index is 2.22. The minimum atomic E-state index is 0.606. The first-order valence-electron chi connectivity index (χ1n) is 4.63. The van der Waals surface area contributed by atoms with Crippen LogP contribution in [0, 0.1) is 0 Å². The summed E-state index contributed by atoms with van der Waals surface area (Å²) in [5.74, 6) is 0.606. The molecule has 0 bridgehead atoms. The van der Waals surface area contributed by atoms with Crippen LogP contribution in [0.3, 0.4) is 0 Å². The molecule has 5 heteroatoms. The van der Waals surface area contributed by atoms with Crippen LogP contribution < -0.4 is 5.73 Å². The van der Waals surface area contributed by atoms with E-state index < -0.39 is 0 Å². The largest absolute Gasteiger partial charge is 0.436 e. The molecule has 2 heterocycles. The van der Waals surface area contributed by atoms with Crippen molar-refractivity contribution in [2.24, 2.45) is 0 Å². The van der Waals surface area contributed by atoms with Crippen LogP contribution in [0.4, 0.5) is 5.69 Å². The van der Waals surface area contributed by atoms with E-state index in [0.29, 0.717) is 11.6 Å². The Hall–Kier alpha value is -1.33. The number of hydrogen-bond acceptors (Lipinski definition) is 4. The predicted molar refractivity (Wildman–Crippen MR) is 69.4 cm³/mol. The molecule has 0 saturated carbocycles. The second-order valence-electron chi connectivity index (χ2n) is 3.35. The molecule has 0 aliphatic carbocycles. The number of nitrogens with zero attached hydrogens (tertiary/aromatic N) is 1. The molecule has 0 amide bonds. The summed E-state index contributed by atoms with van der Waals surface area (Å²) >= 11 is 5.01. The number of benzene rings is 1. The third-order valence-corrected chi connectivity index (χ3v) is 3.77. The molecular formula is C11H7BrN2OS. The van der Waals surface area contributed by atoms with E-state index in [2.05, 4.69) is 20.9 Å². The fraction of sp³-hybridized carbons (Fsp3) is 0. The molecule has 3 aromatic rings. The van der Waals surface area contributed by atoms with Gasteiger partial charge in [-0.2, -0.15) is 0 Å². The number of fused-ring (bicyclic) bond motifs is 1. The molecule has 0 radical (unpaired) electrons. The number of thiophene rings is 1. The van der Waals surface area contributed by atoms with E-state index in [1.165, 1.54) is 0 Å². The SMILES string of the molecule is Nc1cccc2oc(-c3csc(Br)c3)nc12. The highest BCUT2D eigenvalue weighted by Gasteiger charge is 2.11. The van der Waals surface area contributed by atoms with Gasteiger partial charge < -0.3 is 10.2 Å². The first kappa shape index (κ1) is 9.86. The third-order valence-electron chi connectivity index (χ3n) is 2.26. The summed E-state index contributed by atoms with van der Waals surface area (Å²) in [7, 11) is 0. The average molecular weight is 295 g/mol. The molecule has 3 rings (SSSR count). The maximum absolute atomic E-state index is 5.82. The summed E-state index contributed by atoms with van der Waals surface area (Å²) in [4.78, 5) is 4.39. The molecule has 0 unspecified atom stereocenters. The standard InChI is InChI=1S/C11H7BrN2OS/c12-9-4-6(5-16-9)11-14-10-7(13)2-1-3-8(10)15-11/h1-5H,13H2. The van der Waals surface area contributed by atoms with Crippen LogP contribution in [-0.2, 0) is 0 Å². The quantitative estimate of drug-likeness (QED) is 0.693. The molecule has 0 aliphatic rings. The Bertz CT molecular complexity index is 659. The van der Waals surface area contributed by atoms with Gasteiger partial charge in [0.2, 0.25) is 5.89 Å². The van der Waals surface area contributed by atoms with Crippen LogP contribution in [-0.4, -0.2) is 4.98 Å². The van der Waals surface area contributed by atoms with Crippen molar-refractivity contribution >= 4 is 44.1 Å². The minimum absolute atomic E-state index is 0.606. The van der Waals surface area contributed by atoms with E-state index >= 15 is 0 Å². The Kier molecular flexibility index (Phi) is 2.22. The van der Waals surface area contributed by atoms with Gasteiger partial charge in [0, 0.05) is 10.9 Å². The van der Waals surface area contributed by atoms with Gasteiger partial charge in [-0.3, -0.25) is 0 Å². The lowest BCUT2D eigenvalue weighted by Gasteiger charge is -1.89. The van der Waals surface area contributed by atoms with Gasteiger partial charge in [-0.1, -0.05) is 6.07 Å². The second-order valence-corrected chi connectivity index (χ2v) is 5.64. The molecule has 1 aromatic carbocycles. The van der Waals surface area contributed by atoms with Gasteiger partial charge in [0.25, 0.3) is 0 Å². The zero-order valence-electron chi connectivity index (χ0n) is 8.11. The zero-order chi connectivity index (χ0) is 11.1. The summed E-state index contributed by atoms with van der Waals surface area (Å²) in [6, 6.07) is 7.52. The lowest BCUT2D eigenvalue weighted by Crippen LogP contribution is -1.84. The first-order valence-corrected chi connectivity index (χ1v) is 6.31. The molecule has 80 valence electrons. The maximum Gasteiger partial charge on any atom is 0.228 e. The summed E-state index contributed by atoms with van der Waals surface area (Å²) in [5, 5.41) is 1.99. The Morgan fingerprint density at radius 1 is 1.38 bits per heavy atom. The Morgan fingerprint density at radius 3 is 2.94 bits per heavy atom. The number of anilines is 1. The topological polar surface area (TPSA) is 52.0 Å². The molecule has 0 spiro atoms. The van der Waals surface area contributed by atoms with Gasteiger partial charge in [-0.25, -0.2) is 4.98 Å². The molecule has 0 saturated heterocycles. The van der Waals surface area contributed by atoms with E-state index in [4.69, 9.17) is 10.2 Å². The van der Waals surface area contributed by atoms with Crippen molar-refractivity contribution in [3.05, 3.63) is 33.4 Å². The normalized spacial score (nSPS) is 11.1. The minimum Gasteiger partial charge on any atom is -0.436 e. The first-order chi connectivity index (χ1) is 7.74. The Morgan fingerprint density at radius 2 is 2.25 bits per heavy atom. The van der Waals surface area contributed by atoms with E-state index in [1.54, 1.807) is 11.3 Å². The fourth-order valence-electron chi connectivity index (χ4n) is 1.52. The number of halogens is 1. The fourth-order valence-corrected chi connectivity index (χ4v) is 2.65. The van der Waals surface area contributed by atoms with Gasteiger partial charge in [0.1, 0.15) is 5.52 Å². The summed E-state index contributed by atoms with van der Waals surface area (Å²) in [5.41, 5.74) is 8.87. The van der Waals surface area contributed by atoms with E-state index in [1.807, 2.05) is 29.6 Å². The number of hydrogen-bond donors (Lipinski definition) is 1. The van der Waals surface area contributed by atoms with Crippen molar-refractivity contribution in [2.45, 2.75) is 0 Å². The van der Waals surface area contributed by atoms with Gasteiger partial charge in [-0.15, -0.1) is 11.3 Å². The van der Waals surface area contributed by atoms with Gasteiger partial charge in [-0.05, 0) is 34.1 Å². The lowest BCUT2D eigenvalue weighted by molar-refractivity contribution is 0.620. The molecule has 3 nitrogen and oxygen atoms in total. The van der Waals surface area contributed by atoms with Crippen molar-refractivity contribution < 1.29 is 4.42 Å². The molecule has 16 heavy (non-hydrogen) atoms. The monoisotopic (exact) mass is 294 g/mol. The molecule has 0 fully saturated rings. The van der Waals surface area contributed by atoms with Gasteiger partial charge in [0.15, 0.2) is 5.58 Å². The number of nitrogens with two attached hydrogens (primary N) is 1. The third kappa shape index (κ3) is 1.52. The van der Waals surface area contributed by atoms with Crippen molar-refractivity contribution in [3.63, 3.8) is 0 Å². The average Bonchev–Trinajstić information content (AvgIpc) is 2.84. The number of aromatic nitrogens is 1. The van der Waals surface area contributed by atoms with Crippen molar-refractivity contribution in [3.8, 4) is 11.5 Å². The van der Waals surface area contributed by atoms with Crippen LogP contribution in [0.1, 0.15) is 0 Å². The van der Waals surface area contributed by atoms with E-state index in [-0.39, 0.29) is 0 Å². The molecule has 0 aliphatic heterocycles. The molecule has 2 N–H and O–H groups in total. The van der Waals surface area contributed by atoms with Crippen molar-refractivity contribution in [2.75, 3.05) is 5.73 Å². The lowest BCUT2D eigenvalue weighted by atomic mass is 10.3. The number of para-hydroxylation sites is 1. The molecule has 0 atom stereocenters. The van der Waals surface area contributed by atoms with Crippen LogP contribution in [0.15, 0.2) is 37.8 Å². The van der Waals surface area contributed by atoms with Crippen LogP contribution in [0.2, 0.25) is 0 Å². The zero-order valence-corrected chi connectivity index (χ0v) is 10.5. The van der Waals surface area contributed by atoms with Gasteiger partial charge in [0.05, 0.1) is 9.47 Å². The van der Waals surface area contributed by atoms with E-state index in [9.17, 15) is 0 Å². The van der Waals surface area contributed by atoms with Crippen LogP contribution >= 0.6 is 27.3 Å². The highest BCUT2D eigenvalue weighted by molar-refractivity contribution is 9.11. The van der Waals surface area contributed by atoms with Crippen molar-refractivity contribution in [1.82, 2.24) is 4.98 Å². The van der Waals surface area contributed by atoms with E-state index in [0.717, 1.165) is 20.4 Å². The predicted octanol–water partition coefficient (Wildman–Crippen LogP) is 3.90. The Labute approximate surface area is 104 Å². The smallest absolute Gasteiger partial charge is 0.228 e.